The predicted octanol–water partition coefficient (Wildman–Crippen LogP) is 2.67. The number of carbonyl (C=O) groups is 1. The Balaban J connectivity index is 2.30. The zero-order valence-corrected chi connectivity index (χ0v) is 10.3. The largest absolute Gasteiger partial charge is 0.481 e. The fourth-order valence-corrected chi connectivity index (χ4v) is 2.29. The molecule has 1 aromatic heterocycles. The van der Waals surface area contributed by atoms with Crippen LogP contribution in [0.3, 0.4) is 0 Å². The molecule has 4 nitrogen and oxygen atoms in total. The molecule has 0 saturated carbocycles. The normalized spacial score (nSPS) is 10.4. The first-order valence-electron chi connectivity index (χ1n) is 4.78. The summed E-state index contributed by atoms with van der Waals surface area (Å²) in [5.41, 5.74) is 7.57. The van der Waals surface area contributed by atoms with E-state index in [4.69, 9.17) is 22.4 Å². The zero-order valence-electron chi connectivity index (χ0n) is 8.68. The number of thiazole rings is 1. The molecule has 1 heterocycles. The topological polar surface area (TPSA) is 76.2 Å². The molecule has 0 spiro atoms. The monoisotopic (exact) mass is 268 g/mol. The smallest absolute Gasteiger partial charge is 0.309 e. The van der Waals surface area contributed by atoms with Crippen LogP contribution in [0, 0.1) is 0 Å². The van der Waals surface area contributed by atoms with E-state index in [-0.39, 0.29) is 6.42 Å². The summed E-state index contributed by atoms with van der Waals surface area (Å²) in [7, 11) is 0. The van der Waals surface area contributed by atoms with Gasteiger partial charge in [0.1, 0.15) is 5.01 Å². The number of benzene rings is 1. The Bertz CT molecular complexity index is 568. The number of hydrogen-bond donors (Lipinski definition) is 2. The van der Waals surface area contributed by atoms with E-state index in [2.05, 4.69) is 4.98 Å². The molecule has 17 heavy (non-hydrogen) atoms. The van der Waals surface area contributed by atoms with Crippen LogP contribution in [0.1, 0.15) is 5.69 Å². The van der Waals surface area contributed by atoms with Gasteiger partial charge in [0.15, 0.2) is 0 Å². The number of hydrogen-bond acceptors (Lipinski definition) is 4. The molecule has 0 fully saturated rings. The third-order valence-electron chi connectivity index (χ3n) is 2.13. The Kier molecular flexibility index (Phi) is 3.31. The second-order valence-corrected chi connectivity index (χ2v) is 4.72. The standard InChI is InChI=1S/C11H9ClN2O2S/c12-8-2-1-6(3-9(8)13)11-14-7(5-17-11)4-10(15)16/h1-3,5H,4,13H2,(H,15,16). The summed E-state index contributed by atoms with van der Waals surface area (Å²) < 4.78 is 0. The fourth-order valence-electron chi connectivity index (χ4n) is 1.35. The lowest BCUT2D eigenvalue weighted by atomic mass is 10.2. The molecule has 0 aliphatic carbocycles. The van der Waals surface area contributed by atoms with Crippen LogP contribution in [-0.4, -0.2) is 16.1 Å². The van der Waals surface area contributed by atoms with Gasteiger partial charge < -0.3 is 10.8 Å². The number of aromatic nitrogens is 1. The van der Waals surface area contributed by atoms with Gasteiger partial charge in [0, 0.05) is 10.9 Å². The highest BCUT2D eigenvalue weighted by molar-refractivity contribution is 7.13. The minimum atomic E-state index is -0.891. The number of nitrogen functional groups attached to an aromatic ring is 1. The Morgan fingerprint density at radius 1 is 1.53 bits per heavy atom. The molecule has 1 aromatic carbocycles. The van der Waals surface area contributed by atoms with Crippen molar-refractivity contribution in [2.75, 3.05) is 5.73 Å². The molecule has 0 amide bonds. The van der Waals surface area contributed by atoms with Gasteiger partial charge in [0.2, 0.25) is 0 Å². The molecule has 0 aliphatic rings. The highest BCUT2D eigenvalue weighted by atomic mass is 35.5. The van der Waals surface area contributed by atoms with Gasteiger partial charge in [-0.05, 0) is 12.1 Å². The maximum absolute atomic E-state index is 10.5. The van der Waals surface area contributed by atoms with E-state index in [0.717, 1.165) is 10.6 Å². The minimum Gasteiger partial charge on any atom is -0.481 e. The van der Waals surface area contributed by atoms with E-state index in [1.165, 1.54) is 11.3 Å². The first-order chi connectivity index (χ1) is 8.06. The maximum atomic E-state index is 10.5. The van der Waals surface area contributed by atoms with E-state index in [0.29, 0.717) is 16.4 Å². The van der Waals surface area contributed by atoms with Crippen molar-refractivity contribution >= 4 is 34.6 Å². The van der Waals surface area contributed by atoms with Gasteiger partial charge in [-0.1, -0.05) is 17.7 Å². The zero-order chi connectivity index (χ0) is 12.4. The van der Waals surface area contributed by atoms with Crippen LogP contribution in [-0.2, 0) is 11.2 Å². The van der Waals surface area contributed by atoms with Gasteiger partial charge in [-0.15, -0.1) is 11.3 Å². The summed E-state index contributed by atoms with van der Waals surface area (Å²) in [5, 5.41) is 11.6. The number of anilines is 1. The third-order valence-corrected chi connectivity index (χ3v) is 3.41. The lowest BCUT2D eigenvalue weighted by molar-refractivity contribution is -0.136. The minimum absolute atomic E-state index is 0.0699. The van der Waals surface area contributed by atoms with E-state index in [1.54, 1.807) is 17.5 Å². The molecule has 6 heteroatoms. The van der Waals surface area contributed by atoms with E-state index in [9.17, 15) is 4.79 Å². The quantitative estimate of drug-likeness (QED) is 0.839. The maximum Gasteiger partial charge on any atom is 0.309 e. The van der Waals surface area contributed by atoms with Gasteiger partial charge >= 0.3 is 5.97 Å². The summed E-state index contributed by atoms with van der Waals surface area (Å²) in [5.74, 6) is -0.891. The molecule has 0 atom stereocenters. The van der Waals surface area contributed by atoms with Crippen molar-refractivity contribution in [2.24, 2.45) is 0 Å². The fraction of sp³-hybridized carbons (Fsp3) is 0.0909. The van der Waals surface area contributed by atoms with Gasteiger partial charge in [-0.3, -0.25) is 4.79 Å². The van der Waals surface area contributed by atoms with Gasteiger partial charge in [-0.25, -0.2) is 4.98 Å². The molecular formula is C11H9ClN2O2S. The SMILES string of the molecule is Nc1cc(-c2nc(CC(=O)O)cs2)ccc1Cl. The highest BCUT2D eigenvalue weighted by Crippen LogP contribution is 2.28. The Labute approximate surface area is 107 Å². The molecule has 88 valence electrons. The first kappa shape index (κ1) is 11.9. The first-order valence-corrected chi connectivity index (χ1v) is 6.03. The van der Waals surface area contributed by atoms with Crippen molar-refractivity contribution in [2.45, 2.75) is 6.42 Å². The summed E-state index contributed by atoms with van der Waals surface area (Å²) >= 11 is 7.21. The van der Waals surface area contributed by atoms with Crippen molar-refractivity contribution in [1.29, 1.82) is 0 Å². The molecule has 0 bridgehead atoms. The van der Waals surface area contributed by atoms with Crippen LogP contribution in [0.25, 0.3) is 10.6 Å². The molecule has 0 aliphatic heterocycles. The van der Waals surface area contributed by atoms with Crippen LogP contribution in [0.4, 0.5) is 5.69 Å². The van der Waals surface area contributed by atoms with Crippen LogP contribution < -0.4 is 5.73 Å². The average Bonchev–Trinajstić information content (AvgIpc) is 2.69. The number of carboxylic acid groups (broad SMARTS) is 1. The van der Waals surface area contributed by atoms with Crippen LogP contribution in [0.5, 0.6) is 0 Å². The summed E-state index contributed by atoms with van der Waals surface area (Å²) in [6, 6.07) is 5.23. The van der Waals surface area contributed by atoms with E-state index in [1.807, 2.05) is 6.07 Å². The van der Waals surface area contributed by atoms with Crippen molar-refractivity contribution in [3.63, 3.8) is 0 Å². The Hall–Kier alpha value is -1.59. The third kappa shape index (κ3) is 2.75. The second kappa shape index (κ2) is 4.73. The van der Waals surface area contributed by atoms with Gasteiger partial charge in [0.25, 0.3) is 0 Å². The lowest BCUT2D eigenvalue weighted by Crippen LogP contribution is -1.99. The second-order valence-electron chi connectivity index (χ2n) is 3.45. The number of rotatable bonds is 3. The van der Waals surface area contributed by atoms with E-state index < -0.39 is 5.97 Å². The van der Waals surface area contributed by atoms with Crippen molar-refractivity contribution in [3.05, 3.63) is 34.3 Å². The number of carboxylic acids is 1. The van der Waals surface area contributed by atoms with Crippen molar-refractivity contribution in [1.82, 2.24) is 4.98 Å². The molecule has 3 N–H and O–H groups in total. The molecule has 0 saturated heterocycles. The Morgan fingerprint density at radius 3 is 2.94 bits per heavy atom. The van der Waals surface area contributed by atoms with Crippen molar-refractivity contribution < 1.29 is 9.90 Å². The lowest BCUT2D eigenvalue weighted by Gasteiger charge is -2.00. The molecule has 0 unspecified atom stereocenters. The van der Waals surface area contributed by atoms with Crippen LogP contribution >= 0.6 is 22.9 Å². The number of nitrogens with zero attached hydrogens (tertiary/aromatic N) is 1. The van der Waals surface area contributed by atoms with E-state index >= 15 is 0 Å². The summed E-state index contributed by atoms with van der Waals surface area (Å²) in [4.78, 5) is 14.8. The van der Waals surface area contributed by atoms with Crippen LogP contribution in [0.2, 0.25) is 5.02 Å². The molecule has 0 radical (unpaired) electrons. The molecular weight excluding hydrogens is 260 g/mol. The average molecular weight is 269 g/mol. The molecule has 2 aromatic rings. The Morgan fingerprint density at radius 2 is 2.29 bits per heavy atom. The molecule has 2 rings (SSSR count). The number of halogens is 1. The summed E-state index contributed by atoms with van der Waals surface area (Å²) in [6.45, 7) is 0. The number of nitrogens with two attached hydrogens (primary N) is 1. The number of aliphatic carboxylic acids is 1. The van der Waals surface area contributed by atoms with Crippen LogP contribution in [0.15, 0.2) is 23.6 Å². The van der Waals surface area contributed by atoms with Gasteiger partial charge in [-0.2, -0.15) is 0 Å². The van der Waals surface area contributed by atoms with Crippen molar-refractivity contribution in [3.8, 4) is 10.6 Å². The predicted molar refractivity (Wildman–Crippen MR) is 68.3 cm³/mol. The highest BCUT2D eigenvalue weighted by Gasteiger charge is 2.08. The van der Waals surface area contributed by atoms with Gasteiger partial charge in [0.05, 0.1) is 22.8 Å². The summed E-state index contributed by atoms with van der Waals surface area (Å²) in [6.07, 6.45) is -0.0699.